The third-order valence-corrected chi connectivity index (χ3v) is 3.49. The summed E-state index contributed by atoms with van der Waals surface area (Å²) in [5, 5.41) is 0. The minimum Gasteiger partial charge on any atom is -0.376 e. The first-order valence-corrected chi connectivity index (χ1v) is 6.82. The van der Waals surface area contributed by atoms with Gasteiger partial charge in [-0.3, -0.25) is 16.3 Å². The SMILES string of the molecule is CCOC(C(Cc1cncs1)NN)C(C)(C)C. The smallest absolute Gasteiger partial charge is 0.0794 e. The van der Waals surface area contributed by atoms with Crippen LogP contribution in [0.5, 0.6) is 0 Å². The van der Waals surface area contributed by atoms with Crippen LogP contribution in [0, 0.1) is 5.41 Å². The predicted octanol–water partition coefficient (Wildman–Crippen LogP) is 1.97. The Balaban J connectivity index is 2.74. The Morgan fingerprint density at radius 1 is 1.53 bits per heavy atom. The second-order valence-electron chi connectivity index (χ2n) is 5.19. The first kappa shape index (κ1) is 14.6. The van der Waals surface area contributed by atoms with Crippen molar-refractivity contribution in [1.29, 1.82) is 0 Å². The minimum atomic E-state index is 0.0533. The fraction of sp³-hybridized carbons (Fsp3) is 0.750. The number of hydrazine groups is 1. The molecule has 1 rings (SSSR count). The highest BCUT2D eigenvalue weighted by molar-refractivity contribution is 7.09. The van der Waals surface area contributed by atoms with Crippen molar-refractivity contribution in [2.45, 2.75) is 46.3 Å². The van der Waals surface area contributed by atoms with Crippen LogP contribution in [0.1, 0.15) is 32.6 Å². The number of aromatic nitrogens is 1. The van der Waals surface area contributed by atoms with E-state index in [0.29, 0.717) is 6.61 Å². The molecule has 0 spiro atoms. The van der Waals surface area contributed by atoms with Crippen LogP contribution < -0.4 is 11.3 Å². The zero-order chi connectivity index (χ0) is 12.9. The van der Waals surface area contributed by atoms with Crippen molar-refractivity contribution in [3.63, 3.8) is 0 Å². The van der Waals surface area contributed by atoms with Crippen molar-refractivity contribution >= 4 is 11.3 Å². The van der Waals surface area contributed by atoms with Crippen molar-refractivity contribution in [2.24, 2.45) is 11.3 Å². The molecule has 98 valence electrons. The Kier molecular flexibility index (Phi) is 5.52. The lowest BCUT2D eigenvalue weighted by atomic mass is 9.83. The summed E-state index contributed by atoms with van der Waals surface area (Å²) >= 11 is 1.65. The van der Waals surface area contributed by atoms with Crippen molar-refractivity contribution in [1.82, 2.24) is 10.4 Å². The summed E-state index contributed by atoms with van der Waals surface area (Å²) < 4.78 is 5.85. The summed E-state index contributed by atoms with van der Waals surface area (Å²) in [5.41, 5.74) is 4.78. The highest BCUT2D eigenvalue weighted by Gasteiger charge is 2.32. The quantitative estimate of drug-likeness (QED) is 0.604. The van der Waals surface area contributed by atoms with E-state index in [-0.39, 0.29) is 17.6 Å². The van der Waals surface area contributed by atoms with E-state index in [2.05, 4.69) is 31.2 Å². The van der Waals surface area contributed by atoms with Crippen LogP contribution in [0.3, 0.4) is 0 Å². The Bertz CT molecular complexity index is 308. The van der Waals surface area contributed by atoms with E-state index in [0.717, 1.165) is 6.42 Å². The van der Waals surface area contributed by atoms with Gasteiger partial charge in [0.15, 0.2) is 0 Å². The topological polar surface area (TPSA) is 60.2 Å². The summed E-state index contributed by atoms with van der Waals surface area (Å²) in [6, 6.07) is 0.107. The van der Waals surface area contributed by atoms with Crippen LogP contribution in [-0.4, -0.2) is 23.7 Å². The first-order chi connectivity index (χ1) is 7.99. The third kappa shape index (κ3) is 4.35. The van der Waals surface area contributed by atoms with Gasteiger partial charge in [0.05, 0.1) is 17.7 Å². The molecule has 0 bridgehead atoms. The maximum Gasteiger partial charge on any atom is 0.0794 e. The zero-order valence-electron chi connectivity index (χ0n) is 11.1. The predicted molar refractivity (Wildman–Crippen MR) is 71.8 cm³/mol. The summed E-state index contributed by atoms with van der Waals surface area (Å²) in [7, 11) is 0. The molecule has 5 heteroatoms. The number of hydrogen-bond acceptors (Lipinski definition) is 5. The lowest BCUT2D eigenvalue weighted by Gasteiger charge is -2.36. The third-order valence-electron chi connectivity index (χ3n) is 2.68. The second kappa shape index (κ2) is 6.44. The Hall–Kier alpha value is -0.490. The number of rotatable bonds is 6. The van der Waals surface area contributed by atoms with Gasteiger partial charge in [0, 0.05) is 24.1 Å². The molecule has 2 unspecified atom stereocenters. The molecule has 0 saturated carbocycles. The molecule has 2 atom stereocenters. The average molecular weight is 257 g/mol. The monoisotopic (exact) mass is 257 g/mol. The molecule has 0 radical (unpaired) electrons. The highest BCUT2D eigenvalue weighted by atomic mass is 32.1. The summed E-state index contributed by atoms with van der Waals surface area (Å²) in [6.45, 7) is 9.22. The molecule has 3 N–H and O–H groups in total. The number of nitrogens with one attached hydrogen (secondary N) is 1. The van der Waals surface area contributed by atoms with Gasteiger partial charge in [-0.1, -0.05) is 20.8 Å². The minimum absolute atomic E-state index is 0.0533. The Labute approximate surface area is 108 Å². The fourth-order valence-electron chi connectivity index (χ4n) is 1.96. The highest BCUT2D eigenvalue weighted by Crippen LogP contribution is 2.27. The van der Waals surface area contributed by atoms with E-state index in [9.17, 15) is 0 Å². The molecule has 0 saturated heterocycles. The van der Waals surface area contributed by atoms with E-state index in [1.165, 1.54) is 4.88 Å². The summed E-state index contributed by atoms with van der Waals surface area (Å²) in [4.78, 5) is 5.31. The van der Waals surface area contributed by atoms with Gasteiger partial charge in [-0.25, -0.2) is 0 Å². The second-order valence-corrected chi connectivity index (χ2v) is 6.16. The van der Waals surface area contributed by atoms with Crippen LogP contribution in [0.4, 0.5) is 0 Å². The molecule has 4 nitrogen and oxygen atoms in total. The molecular weight excluding hydrogens is 234 g/mol. The molecular formula is C12H23N3OS. The molecule has 0 aliphatic heterocycles. The lowest BCUT2D eigenvalue weighted by molar-refractivity contribution is -0.0354. The van der Waals surface area contributed by atoms with Crippen LogP contribution in [0.15, 0.2) is 11.7 Å². The van der Waals surface area contributed by atoms with E-state index in [1.807, 2.05) is 18.6 Å². The van der Waals surface area contributed by atoms with Gasteiger partial charge in [-0.15, -0.1) is 11.3 Å². The van der Waals surface area contributed by atoms with Crippen molar-refractivity contribution in [3.8, 4) is 0 Å². The fourth-order valence-corrected chi connectivity index (χ4v) is 2.62. The number of nitrogens with zero attached hydrogens (tertiary/aromatic N) is 1. The summed E-state index contributed by atoms with van der Waals surface area (Å²) in [6.07, 6.45) is 2.82. The first-order valence-electron chi connectivity index (χ1n) is 5.94. The van der Waals surface area contributed by atoms with Gasteiger partial charge in [0.2, 0.25) is 0 Å². The molecule has 0 aliphatic carbocycles. The van der Waals surface area contributed by atoms with Gasteiger partial charge in [0.1, 0.15) is 0 Å². The molecule has 0 aromatic carbocycles. The average Bonchev–Trinajstić information content (AvgIpc) is 2.74. The van der Waals surface area contributed by atoms with Gasteiger partial charge >= 0.3 is 0 Å². The molecule has 1 heterocycles. The van der Waals surface area contributed by atoms with Crippen LogP contribution in [0.2, 0.25) is 0 Å². The van der Waals surface area contributed by atoms with E-state index in [4.69, 9.17) is 10.6 Å². The number of thiazole rings is 1. The normalized spacial score (nSPS) is 15.8. The summed E-state index contributed by atoms with van der Waals surface area (Å²) in [5.74, 6) is 5.67. The maximum absolute atomic E-state index is 5.85. The molecule has 0 amide bonds. The van der Waals surface area contributed by atoms with Crippen molar-refractivity contribution < 1.29 is 4.74 Å². The molecule has 0 fully saturated rings. The maximum atomic E-state index is 5.85. The largest absolute Gasteiger partial charge is 0.376 e. The Morgan fingerprint density at radius 2 is 2.24 bits per heavy atom. The van der Waals surface area contributed by atoms with Crippen molar-refractivity contribution in [3.05, 3.63) is 16.6 Å². The molecule has 17 heavy (non-hydrogen) atoms. The molecule has 0 aliphatic rings. The van der Waals surface area contributed by atoms with Gasteiger partial charge in [-0.2, -0.15) is 0 Å². The number of hydrogen-bond donors (Lipinski definition) is 2. The van der Waals surface area contributed by atoms with Crippen LogP contribution >= 0.6 is 11.3 Å². The van der Waals surface area contributed by atoms with Gasteiger partial charge < -0.3 is 4.74 Å². The Morgan fingerprint density at radius 3 is 2.65 bits per heavy atom. The number of nitrogens with two attached hydrogens (primary N) is 1. The molecule has 1 aromatic rings. The van der Waals surface area contributed by atoms with Crippen LogP contribution in [0.25, 0.3) is 0 Å². The van der Waals surface area contributed by atoms with Gasteiger partial charge in [0.25, 0.3) is 0 Å². The van der Waals surface area contributed by atoms with E-state index in [1.54, 1.807) is 11.3 Å². The number of ether oxygens (including phenoxy) is 1. The zero-order valence-corrected chi connectivity index (χ0v) is 11.9. The van der Waals surface area contributed by atoms with Gasteiger partial charge in [-0.05, 0) is 12.3 Å². The van der Waals surface area contributed by atoms with E-state index >= 15 is 0 Å². The van der Waals surface area contributed by atoms with E-state index < -0.39 is 0 Å². The molecule has 1 aromatic heterocycles. The lowest BCUT2D eigenvalue weighted by Crippen LogP contribution is -2.51. The van der Waals surface area contributed by atoms with Crippen LogP contribution in [-0.2, 0) is 11.2 Å². The van der Waals surface area contributed by atoms with Crippen molar-refractivity contribution in [2.75, 3.05) is 6.61 Å². The standard InChI is InChI=1S/C12H23N3OS/c1-5-16-11(12(2,3)4)10(15-13)6-9-7-14-8-17-9/h7-8,10-11,15H,5-6,13H2,1-4H3.